The van der Waals surface area contributed by atoms with Crippen LogP contribution in [0, 0.1) is 0 Å². The number of hydrogen-bond donors (Lipinski definition) is 4. The lowest BCUT2D eigenvalue weighted by molar-refractivity contribution is 0.0377. The van der Waals surface area contributed by atoms with Crippen molar-refractivity contribution in [3.8, 4) is 0 Å². The summed E-state index contributed by atoms with van der Waals surface area (Å²) in [4.78, 5) is 60.2. The average molecular weight is 1150 g/mol. The van der Waals surface area contributed by atoms with Crippen LogP contribution >= 0.6 is 46.4 Å². The van der Waals surface area contributed by atoms with Crippen LogP contribution < -0.4 is 21.3 Å². The van der Waals surface area contributed by atoms with E-state index < -0.39 is 0 Å². The fourth-order valence-electron chi connectivity index (χ4n) is 12.4. The van der Waals surface area contributed by atoms with Crippen LogP contribution in [0.5, 0.6) is 0 Å². The average Bonchev–Trinajstić information content (AvgIpc) is 4.35. The number of hydrogen-bond acceptors (Lipinski definition) is 10. The molecule has 16 nitrogen and oxygen atoms in total. The van der Waals surface area contributed by atoms with Gasteiger partial charge < -0.3 is 50.0 Å². The predicted octanol–water partition coefficient (Wildman–Crippen LogP) is 8.58. The van der Waals surface area contributed by atoms with Crippen LogP contribution in [0.4, 0.5) is 9.59 Å². The SMILES string of the molecule is O=C(NCCCCNC(=O)NCCOCCOCCN1Cc2ccc([C@H]3c4cc(Cl)cc(Cl)c4CN4CCCC34)cc2C1=O)NCCOCCOCCN1Cc2ccc([C@H]3c4cc(Cl)cc(Cl)c4CN4CCCC34)cc2C1=O. The van der Waals surface area contributed by atoms with Crippen LogP contribution in [0.15, 0.2) is 60.7 Å². The smallest absolute Gasteiger partial charge is 0.314 e. The number of fused-ring (bicyclic) bond motifs is 6. The van der Waals surface area contributed by atoms with Gasteiger partial charge in [0, 0.05) is 121 Å². The minimum atomic E-state index is -0.283. The Labute approximate surface area is 477 Å². The first kappa shape index (κ1) is 56.6. The van der Waals surface area contributed by atoms with E-state index in [9.17, 15) is 19.2 Å². The highest BCUT2D eigenvalue weighted by Gasteiger charge is 2.42. The van der Waals surface area contributed by atoms with Crippen LogP contribution in [-0.4, -0.2) is 161 Å². The normalized spacial score (nSPS) is 20.3. The molecule has 0 radical (unpaired) electrons. The molecule has 6 heterocycles. The van der Waals surface area contributed by atoms with Crippen LogP contribution in [0.1, 0.15) is 116 Å². The van der Waals surface area contributed by atoms with Crippen molar-refractivity contribution < 1.29 is 38.1 Å². The number of carbonyl (C=O) groups excluding carboxylic acids is 4. The van der Waals surface area contributed by atoms with E-state index in [4.69, 9.17) is 65.4 Å². The number of halogens is 4. The van der Waals surface area contributed by atoms with Gasteiger partial charge in [0.1, 0.15) is 0 Å². The van der Waals surface area contributed by atoms with E-state index in [1.54, 1.807) is 0 Å². The number of rotatable bonds is 25. The first-order valence-corrected chi connectivity index (χ1v) is 29.1. The molecule has 4 aromatic carbocycles. The quantitative estimate of drug-likeness (QED) is 0.0473. The molecular formula is C58H70Cl4N8O8. The molecule has 4 aromatic rings. The Kier molecular flexibility index (Phi) is 19.4. The van der Waals surface area contributed by atoms with Crippen molar-refractivity contribution in [2.75, 3.05) is 105 Å². The minimum Gasteiger partial charge on any atom is -0.377 e. The summed E-state index contributed by atoms with van der Waals surface area (Å²) >= 11 is 26.4. The lowest BCUT2D eigenvalue weighted by Gasteiger charge is -2.39. The van der Waals surface area contributed by atoms with Crippen molar-refractivity contribution in [1.29, 1.82) is 0 Å². The van der Waals surface area contributed by atoms with Gasteiger partial charge in [-0.2, -0.15) is 0 Å². The highest BCUT2D eigenvalue weighted by molar-refractivity contribution is 6.36. The van der Waals surface area contributed by atoms with E-state index >= 15 is 0 Å². The third-order valence-electron chi connectivity index (χ3n) is 16.1. The number of nitrogens with one attached hydrogen (secondary N) is 4. The first-order valence-electron chi connectivity index (χ1n) is 27.6. The van der Waals surface area contributed by atoms with Crippen molar-refractivity contribution in [1.82, 2.24) is 40.9 Å². The first-order chi connectivity index (χ1) is 38.0. The number of amides is 6. The number of ether oxygens (including phenoxy) is 4. The Morgan fingerprint density at radius 1 is 0.500 bits per heavy atom. The zero-order chi connectivity index (χ0) is 54.1. The zero-order valence-corrected chi connectivity index (χ0v) is 47.1. The number of nitrogens with zero attached hydrogens (tertiary/aromatic N) is 4. The van der Waals surface area contributed by atoms with Gasteiger partial charge in [0.15, 0.2) is 0 Å². The second kappa shape index (κ2) is 26.7. The van der Waals surface area contributed by atoms with Crippen molar-refractivity contribution in [2.45, 2.75) is 88.6 Å². The van der Waals surface area contributed by atoms with E-state index in [0.29, 0.717) is 150 Å². The Hall–Kier alpha value is -4.72. The molecule has 2 fully saturated rings. The molecule has 0 aromatic heterocycles. The minimum absolute atomic E-state index is 0.0190. The summed E-state index contributed by atoms with van der Waals surface area (Å²) in [5, 5.41) is 13.9. The van der Waals surface area contributed by atoms with Gasteiger partial charge >= 0.3 is 12.1 Å². The molecule has 4 atom stereocenters. The Balaban J connectivity index is 0.508. The third-order valence-corrected chi connectivity index (χ3v) is 17.2. The van der Waals surface area contributed by atoms with E-state index in [0.717, 1.165) is 96.4 Å². The second-order valence-corrected chi connectivity index (χ2v) is 22.7. The fourth-order valence-corrected chi connectivity index (χ4v) is 13.5. The molecule has 0 spiro atoms. The number of urea groups is 2. The molecule has 6 aliphatic heterocycles. The van der Waals surface area contributed by atoms with E-state index in [-0.39, 0.29) is 35.7 Å². The predicted molar refractivity (Wildman–Crippen MR) is 301 cm³/mol. The summed E-state index contributed by atoms with van der Waals surface area (Å²) in [5.41, 5.74) is 10.4. The zero-order valence-electron chi connectivity index (χ0n) is 44.0. The number of carbonyl (C=O) groups is 4. The van der Waals surface area contributed by atoms with Gasteiger partial charge in [-0.1, -0.05) is 70.7 Å². The van der Waals surface area contributed by atoms with Gasteiger partial charge in [0.05, 0.1) is 52.9 Å². The van der Waals surface area contributed by atoms with Crippen LogP contribution in [-0.2, 0) is 45.1 Å². The molecule has 2 saturated heterocycles. The summed E-state index contributed by atoms with van der Waals surface area (Å²) in [6.45, 7) is 10.4. The maximum Gasteiger partial charge on any atom is 0.314 e. The maximum absolute atomic E-state index is 13.5. The fraction of sp³-hybridized carbons (Fsp3) is 0.517. The van der Waals surface area contributed by atoms with Gasteiger partial charge in [0.2, 0.25) is 0 Å². The molecule has 78 heavy (non-hydrogen) atoms. The monoisotopic (exact) mass is 1150 g/mol. The van der Waals surface area contributed by atoms with Crippen molar-refractivity contribution >= 4 is 70.3 Å². The molecule has 0 saturated carbocycles. The van der Waals surface area contributed by atoms with E-state index in [2.05, 4.69) is 79.6 Å². The summed E-state index contributed by atoms with van der Waals surface area (Å²) in [6, 6.07) is 20.6. The summed E-state index contributed by atoms with van der Waals surface area (Å²) < 4.78 is 22.8. The molecule has 4 N–H and O–H groups in total. The van der Waals surface area contributed by atoms with Crippen molar-refractivity contribution in [2.24, 2.45) is 0 Å². The number of unbranched alkanes of at least 4 members (excludes halogenated alkanes) is 1. The van der Waals surface area contributed by atoms with Crippen LogP contribution in [0.25, 0.3) is 0 Å². The Morgan fingerprint density at radius 3 is 1.35 bits per heavy atom. The number of benzene rings is 4. The van der Waals surface area contributed by atoms with Crippen molar-refractivity contribution in [3.05, 3.63) is 136 Å². The van der Waals surface area contributed by atoms with Gasteiger partial charge in [-0.25, -0.2) is 9.59 Å². The highest BCUT2D eigenvalue weighted by atomic mass is 35.5. The summed E-state index contributed by atoms with van der Waals surface area (Å²) in [5.74, 6) is 0.245. The molecule has 6 aliphatic rings. The van der Waals surface area contributed by atoms with Gasteiger partial charge in [-0.15, -0.1) is 0 Å². The topological polar surface area (TPSA) is 166 Å². The second-order valence-electron chi connectivity index (χ2n) is 21.0. The van der Waals surface area contributed by atoms with Gasteiger partial charge in [0.25, 0.3) is 11.8 Å². The highest BCUT2D eigenvalue weighted by Crippen LogP contribution is 2.48. The Bertz CT molecular complexity index is 2640. The molecule has 418 valence electrons. The molecule has 2 unspecified atom stereocenters. The standard InChI is InChI=1S/C58H70Cl4N8O8/c59-41-29-45-47(49(61)31-41)35-67-15-3-5-51(67)53(45)37-7-9-39-33-69(55(71)43(39)27-37)17-21-77-25-23-75-19-13-65-57(73)63-11-1-2-12-64-58(74)66-14-20-76-24-26-78-22-18-70-34-40-10-8-38(28-44(40)56(70)72)54-46-30-42(60)32-50(62)48(46)36-68-16-4-6-52(54)68/h7-10,27-32,51-54H,1-6,11-26,33-36H2,(H2,63,65,73)(H2,64,66,74)/t51?,52?,53-,54-/m0/s1. The largest absolute Gasteiger partial charge is 0.377 e. The van der Waals surface area contributed by atoms with E-state index in [1.807, 2.05) is 21.9 Å². The van der Waals surface area contributed by atoms with Crippen molar-refractivity contribution in [3.63, 3.8) is 0 Å². The van der Waals surface area contributed by atoms with E-state index in [1.165, 1.54) is 11.1 Å². The Morgan fingerprint density at radius 2 is 0.910 bits per heavy atom. The van der Waals surface area contributed by atoms with Crippen LogP contribution in [0.2, 0.25) is 20.1 Å². The maximum atomic E-state index is 13.5. The molecule has 10 rings (SSSR count). The molecule has 0 bridgehead atoms. The lowest BCUT2D eigenvalue weighted by Crippen LogP contribution is -2.39. The van der Waals surface area contributed by atoms with Gasteiger partial charge in [-0.05, 0) is 133 Å². The van der Waals surface area contributed by atoms with Gasteiger partial charge in [-0.3, -0.25) is 19.4 Å². The molecular weight excluding hydrogens is 1080 g/mol. The molecule has 0 aliphatic carbocycles. The summed E-state index contributed by atoms with van der Waals surface area (Å²) in [6.07, 6.45) is 5.87. The summed E-state index contributed by atoms with van der Waals surface area (Å²) in [7, 11) is 0. The third kappa shape index (κ3) is 13.4. The molecule has 20 heteroatoms. The molecule has 6 amide bonds. The lowest BCUT2D eigenvalue weighted by atomic mass is 9.78. The van der Waals surface area contributed by atoms with Crippen LogP contribution in [0.3, 0.4) is 0 Å².